The molecular weight excluding hydrogens is 304 g/mol. The first-order valence-electron chi connectivity index (χ1n) is 11.2. The summed E-state index contributed by atoms with van der Waals surface area (Å²) in [7, 11) is 0. The van der Waals surface area contributed by atoms with Crippen LogP contribution >= 0.6 is 0 Å². The van der Waals surface area contributed by atoms with Gasteiger partial charge < -0.3 is 4.74 Å². The number of allylic oxidation sites excluding steroid dienone is 2. The third-order valence-corrected chi connectivity index (χ3v) is 7.35. The van der Waals surface area contributed by atoms with E-state index in [0.717, 1.165) is 36.2 Å². The number of hydrogen-bond donors (Lipinski definition) is 0. The van der Waals surface area contributed by atoms with Crippen molar-refractivity contribution in [3.05, 3.63) is 24.8 Å². The quantitative estimate of drug-likeness (QED) is 0.474. The Labute approximate surface area is 156 Å². The Kier molecular flexibility index (Phi) is 7.65. The molecule has 25 heavy (non-hydrogen) atoms. The first-order chi connectivity index (χ1) is 12.3. The monoisotopic (exact) mass is 344 g/mol. The van der Waals surface area contributed by atoms with Crippen molar-refractivity contribution in [2.24, 2.45) is 29.6 Å². The zero-order valence-corrected chi connectivity index (χ0v) is 16.5. The second kappa shape index (κ2) is 9.95. The van der Waals surface area contributed by atoms with Gasteiger partial charge in [0.1, 0.15) is 0 Å². The molecule has 2 unspecified atom stereocenters. The first kappa shape index (κ1) is 19.2. The second-order valence-corrected chi connectivity index (χ2v) is 9.07. The maximum atomic E-state index is 6.24. The molecule has 0 aromatic carbocycles. The van der Waals surface area contributed by atoms with Crippen molar-refractivity contribution in [1.29, 1.82) is 0 Å². The van der Waals surface area contributed by atoms with Gasteiger partial charge in [-0.1, -0.05) is 38.0 Å². The maximum Gasteiger partial charge on any atom is 0.0756 e. The Balaban J connectivity index is 1.35. The smallest absolute Gasteiger partial charge is 0.0756 e. The topological polar surface area (TPSA) is 9.23 Å². The third-order valence-electron chi connectivity index (χ3n) is 7.35. The number of rotatable bonds is 6. The molecule has 3 aliphatic rings. The summed E-state index contributed by atoms with van der Waals surface area (Å²) >= 11 is 0. The molecule has 1 aliphatic heterocycles. The zero-order chi connectivity index (χ0) is 17.5. The lowest BCUT2D eigenvalue weighted by atomic mass is 9.74. The molecule has 0 aromatic rings. The molecule has 0 N–H and O–H groups in total. The van der Waals surface area contributed by atoms with E-state index in [1.807, 2.05) is 0 Å². The molecule has 0 spiro atoms. The van der Waals surface area contributed by atoms with Gasteiger partial charge in [-0.15, -0.1) is 6.58 Å². The maximum absolute atomic E-state index is 6.24. The lowest BCUT2D eigenvalue weighted by Gasteiger charge is -2.37. The molecule has 1 heterocycles. The van der Waals surface area contributed by atoms with Gasteiger partial charge in [0.25, 0.3) is 0 Å². The highest BCUT2D eigenvalue weighted by Gasteiger charge is 2.30. The molecular formula is C24H40O. The van der Waals surface area contributed by atoms with Crippen molar-refractivity contribution < 1.29 is 4.74 Å². The molecule has 142 valence electrons. The summed E-state index contributed by atoms with van der Waals surface area (Å²) in [4.78, 5) is 0. The fraction of sp³-hybridized carbons (Fsp3) is 0.833. The van der Waals surface area contributed by atoms with Gasteiger partial charge >= 0.3 is 0 Å². The number of hydrogen-bond acceptors (Lipinski definition) is 1. The van der Waals surface area contributed by atoms with Crippen LogP contribution in [0.1, 0.15) is 84.0 Å². The largest absolute Gasteiger partial charge is 0.374 e. The lowest BCUT2D eigenvalue weighted by molar-refractivity contribution is -0.0157. The summed E-state index contributed by atoms with van der Waals surface area (Å²) < 4.78 is 6.24. The van der Waals surface area contributed by atoms with Crippen molar-refractivity contribution in [2.45, 2.75) is 90.1 Å². The Bertz CT molecular complexity index is 402. The fourth-order valence-corrected chi connectivity index (χ4v) is 5.53. The van der Waals surface area contributed by atoms with E-state index in [1.165, 1.54) is 77.0 Å². The zero-order valence-electron chi connectivity index (χ0n) is 16.5. The van der Waals surface area contributed by atoms with E-state index in [4.69, 9.17) is 4.74 Å². The van der Waals surface area contributed by atoms with Crippen molar-refractivity contribution in [3.8, 4) is 0 Å². The van der Waals surface area contributed by atoms with E-state index in [0.29, 0.717) is 6.10 Å². The minimum Gasteiger partial charge on any atom is -0.374 e. The molecule has 2 saturated carbocycles. The van der Waals surface area contributed by atoms with Gasteiger partial charge in [0.2, 0.25) is 0 Å². The summed E-state index contributed by atoms with van der Waals surface area (Å²) in [6, 6.07) is 0. The SMILES string of the molecule is C=CC1CCC(C2CCC(/C=C/C3CCC(CCC)CC3)OC2)CC1. The summed E-state index contributed by atoms with van der Waals surface area (Å²) in [5.74, 6) is 4.35. The molecule has 0 aromatic heterocycles. The van der Waals surface area contributed by atoms with Gasteiger partial charge in [0, 0.05) is 0 Å². The average molecular weight is 345 g/mol. The summed E-state index contributed by atoms with van der Waals surface area (Å²) in [5.41, 5.74) is 0. The highest BCUT2D eigenvalue weighted by atomic mass is 16.5. The van der Waals surface area contributed by atoms with Gasteiger partial charge in [0.05, 0.1) is 12.7 Å². The normalized spacial score (nSPS) is 40.2. The first-order valence-corrected chi connectivity index (χ1v) is 11.2. The van der Waals surface area contributed by atoms with Gasteiger partial charge in [-0.3, -0.25) is 0 Å². The van der Waals surface area contributed by atoms with Crippen LogP contribution in [0.4, 0.5) is 0 Å². The Morgan fingerprint density at radius 3 is 2.08 bits per heavy atom. The highest BCUT2D eigenvalue weighted by molar-refractivity contribution is 4.97. The van der Waals surface area contributed by atoms with Gasteiger partial charge in [-0.05, 0) is 93.8 Å². The Morgan fingerprint density at radius 1 is 0.800 bits per heavy atom. The summed E-state index contributed by atoms with van der Waals surface area (Å²) in [6.45, 7) is 7.30. The molecule has 0 bridgehead atoms. The van der Waals surface area contributed by atoms with Gasteiger partial charge in [-0.2, -0.15) is 0 Å². The van der Waals surface area contributed by atoms with E-state index >= 15 is 0 Å². The van der Waals surface area contributed by atoms with Crippen LogP contribution in [0.5, 0.6) is 0 Å². The van der Waals surface area contributed by atoms with Crippen molar-refractivity contribution in [2.75, 3.05) is 6.61 Å². The van der Waals surface area contributed by atoms with Crippen molar-refractivity contribution >= 4 is 0 Å². The van der Waals surface area contributed by atoms with Crippen LogP contribution in [-0.2, 0) is 4.74 Å². The van der Waals surface area contributed by atoms with Crippen molar-refractivity contribution in [3.63, 3.8) is 0 Å². The van der Waals surface area contributed by atoms with Crippen LogP contribution < -0.4 is 0 Å². The fourth-order valence-electron chi connectivity index (χ4n) is 5.53. The van der Waals surface area contributed by atoms with E-state index in [9.17, 15) is 0 Å². The van der Waals surface area contributed by atoms with E-state index in [-0.39, 0.29) is 0 Å². The molecule has 3 rings (SSSR count). The molecule has 1 nitrogen and oxygen atoms in total. The average Bonchev–Trinajstić information content (AvgIpc) is 2.68. The van der Waals surface area contributed by atoms with E-state index in [1.54, 1.807) is 0 Å². The predicted molar refractivity (Wildman–Crippen MR) is 108 cm³/mol. The van der Waals surface area contributed by atoms with E-state index in [2.05, 4.69) is 31.7 Å². The summed E-state index contributed by atoms with van der Waals surface area (Å²) in [5, 5.41) is 0. The highest BCUT2D eigenvalue weighted by Crippen LogP contribution is 2.38. The van der Waals surface area contributed by atoms with Crippen LogP contribution in [0.25, 0.3) is 0 Å². The predicted octanol–water partition coefficient (Wildman–Crippen LogP) is 6.94. The molecule has 3 fully saturated rings. The summed E-state index contributed by atoms with van der Waals surface area (Å²) in [6.07, 6.45) is 24.1. The minimum absolute atomic E-state index is 0.397. The standard InChI is InChI=1S/C24H40O/c1-3-5-20-6-8-21(9-7-20)12-16-24-17-15-23(18-25-24)22-13-10-19(4-2)11-14-22/h4,12,16,19-24H,2-3,5-11,13-15,17-18H2,1H3/b16-12+. The van der Waals surface area contributed by atoms with Crippen LogP contribution in [0.15, 0.2) is 24.8 Å². The van der Waals surface area contributed by atoms with Crippen molar-refractivity contribution in [1.82, 2.24) is 0 Å². The second-order valence-electron chi connectivity index (χ2n) is 9.07. The van der Waals surface area contributed by atoms with Crippen LogP contribution in [-0.4, -0.2) is 12.7 Å². The Hall–Kier alpha value is -0.560. The molecule has 1 heteroatoms. The Morgan fingerprint density at radius 2 is 1.48 bits per heavy atom. The number of ether oxygens (including phenoxy) is 1. The third kappa shape index (κ3) is 5.71. The lowest BCUT2D eigenvalue weighted by Crippen LogP contribution is -2.31. The van der Waals surface area contributed by atoms with Crippen LogP contribution in [0, 0.1) is 29.6 Å². The molecule has 2 aliphatic carbocycles. The minimum atomic E-state index is 0.397. The van der Waals surface area contributed by atoms with Gasteiger partial charge in [-0.25, -0.2) is 0 Å². The molecule has 0 amide bonds. The van der Waals surface area contributed by atoms with E-state index < -0.39 is 0 Å². The van der Waals surface area contributed by atoms with Crippen LogP contribution in [0.2, 0.25) is 0 Å². The van der Waals surface area contributed by atoms with Gasteiger partial charge in [0.15, 0.2) is 0 Å². The van der Waals surface area contributed by atoms with Crippen LogP contribution in [0.3, 0.4) is 0 Å². The molecule has 0 radical (unpaired) electrons. The molecule has 2 atom stereocenters. The molecule has 1 saturated heterocycles.